The first-order valence-electron chi connectivity index (χ1n) is 7.93. The van der Waals surface area contributed by atoms with Crippen molar-refractivity contribution in [3.8, 4) is 0 Å². The summed E-state index contributed by atoms with van der Waals surface area (Å²) in [6, 6.07) is 5.50. The van der Waals surface area contributed by atoms with Gasteiger partial charge in [0.25, 0.3) is 12.4 Å². The highest BCUT2D eigenvalue weighted by Gasteiger charge is 2.25. The van der Waals surface area contributed by atoms with Crippen LogP contribution in [0.15, 0.2) is 18.2 Å². The number of carbonyl (C=O) groups excluding carboxylic acids is 1. The number of nitrogens with one attached hydrogen (secondary N) is 1. The Bertz CT molecular complexity index is 951. The Kier molecular flexibility index (Phi) is 5.12. The van der Waals surface area contributed by atoms with Gasteiger partial charge in [-0.3, -0.25) is 9.59 Å². The van der Waals surface area contributed by atoms with E-state index in [0.717, 1.165) is 34.8 Å². The number of nitrogen functional groups attached to an aromatic ring is 1. The number of aromatic nitrogens is 4. The smallest absolute Gasteiger partial charge is 0.290 e. The minimum atomic E-state index is -0.250. The number of nitrogens with zero attached hydrogens (tertiary/aromatic N) is 4. The van der Waals surface area contributed by atoms with Gasteiger partial charge in [-0.05, 0) is 19.1 Å². The van der Waals surface area contributed by atoms with Gasteiger partial charge in [-0.1, -0.05) is 17.4 Å². The van der Waals surface area contributed by atoms with Crippen LogP contribution in [-0.4, -0.2) is 43.8 Å². The number of hydrogen-bond donors (Lipinski definition) is 3. The lowest BCUT2D eigenvalue weighted by Crippen LogP contribution is -2.30. The Balaban J connectivity index is 0.000000613. The van der Waals surface area contributed by atoms with Crippen molar-refractivity contribution in [1.82, 2.24) is 25.1 Å². The number of anilines is 1. The summed E-state index contributed by atoms with van der Waals surface area (Å²) in [5, 5.41) is 18.6. The van der Waals surface area contributed by atoms with Gasteiger partial charge < -0.3 is 20.7 Å². The van der Waals surface area contributed by atoms with Crippen LogP contribution in [0.1, 0.15) is 22.0 Å². The molecule has 2 aromatic heterocycles. The molecule has 4 N–H and O–H groups in total. The van der Waals surface area contributed by atoms with E-state index in [2.05, 4.69) is 25.1 Å². The van der Waals surface area contributed by atoms with Crippen LogP contribution in [0.3, 0.4) is 0 Å². The fraction of sp³-hybridized carbons (Fsp3) is 0.312. The second-order valence-electron chi connectivity index (χ2n) is 5.87. The summed E-state index contributed by atoms with van der Waals surface area (Å²) in [7, 11) is 0. The number of carboxylic acid groups (broad SMARTS) is 1. The molecule has 1 aromatic carbocycles. The summed E-state index contributed by atoms with van der Waals surface area (Å²) >= 11 is 1.34. The molecule has 4 rings (SSSR count). The topological polar surface area (TPSA) is 136 Å². The summed E-state index contributed by atoms with van der Waals surface area (Å²) in [5.41, 5.74) is 7.14. The highest BCUT2D eigenvalue weighted by molar-refractivity contribution is 7.22. The molecule has 3 heterocycles. The second-order valence-corrected chi connectivity index (χ2v) is 6.90. The fourth-order valence-corrected chi connectivity index (χ4v) is 3.85. The number of thiazole rings is 1. The van der Waals surface area contributed by atoms with Gasteiger partial charge in [0.05, 0.1) is 15.8 Å². The van der Waals surface area contributed by atoms with E-state index in [0.29, 0.717) is 23.2 Å². The number of rotatable bonds is 3. The van der Waals surface area contributed by atoms with Gasteiger partial charge in [0.15, 0.2) is 5.13 Å². The zero-order valence-electron chi connectivity index (χ0n) is 14.0. The first-order valence-corrected chi connectivity index (χ1v) is 8.75. The molecule has 3 aromatic rings. The van der Waals surface area contributed by atoms with Crippen molar-refractivity contribution in [3.63, 3.8) is 0 Å². The largest absolute Gasteiger partial charge is 0.483 e. The molecule has 1 unspecified atom stereocenters. The van der Waals surface area contributed by atoms with Crippen molar-refractivity contribution in [2.45, 2.75) is 19.9 Å². The maximum Gasteiger partial charge on any atom is 0.290 e. The normalized spacial score (nSPS) is 15.2. The summed E-state index contributed by atoms with van der Waals surface area (Å²) in [4.78, 5) is 25.1. The quantitative estimate of drug-likeness (QED) is 0.584. The molecule has 0 saturated carbocycles. The van der Waals surface area contributed by atoms with E-state index in [1.165, 1.54) is 11.3 Å². The standard InChI is InChI=1S/C15H16N6OS.CH2O2/c1-8-19-20-12-5-9(7-21(8)12)6-17-14(22)10-3-2-4-11-13(10)23-15(16)18-11;2-1-3/h2-4,9H,5-7H2,1H3,(H2,16,18)(H,17,22);1H,(H,2,3). The Hall–Kier alpha value is -3.01. The number of hydrogen-bond acceptors (Lipinski definition) is 7. The molecule has 136 valence electrons. The van der Waals surface area contributed by atoms with Gasteiger partial charge >= 0.3 is 0 Å². The van der Waals surface area contributed by atoms with Crippen LogP contribution in [-0.2, 0) is 17.8 Å². The highest BCUT2D eigenvalue weighted by Crippen LogP contribution is 2.27. The molecular formula is C16H18N6O3S. The number of amides is 1. The van der Waals surface area contributed by atoms with Crippen molar-refractivity contribution in [2.24, 2.45) is 5.92 Å². The highest BCUT2D eigenvalue weighted by atomic mass is 32.1. The van der Waals surface area contributed by atoms with Gasteiger partial charge in [0.1, 0.15) is 11.6 Å². The van der Waals surface area contributed by atoms with Crippen molar-refractivity contribution in [3.05, 3.63) is 35.4 Å². The number of aryl methyl sites for hydroxylation is 1. The van der Waals surface area contributed by atoms with Crippen LogP contribution in [0.5, 0.6) is 0 Å². The molecule has 1 aliphatic heterocycles. The number of carbonyl (C=O) groups is 2. The SMILES string of the molecule is Cc1nnc2n1CC(CNC(=O)c1cccc3nc(N)sc13)C2.O=CO. The van der Waals surface area contributed by atoms with E-state index in [1.54, 1.807) is 0 Å². The van der Waals surface area contributed by atoms with Gasteiger partial charge in [-0.15, -0.1) is 10.2 Å². The predicted octanol–water partition coefficient (Wildman–Crippen LogP) is 1.08. The fourth-order valence-electron chi connectivity index (χ4n) is 3.01. The van der Waals surface area contributed by atoms with Crippen molar-refractivity contribution >= 4 is 39.1 Å². The van der Waals surface area contributed by atoms with Crippen LogP contribution in [0.2, 0.25) is 0 Å². The molecule has 0 spiro atoms. The minimum Gasteiger partial charge on any atom is -0.483 e. The van der Waals surface area contributed by atoms with Gasteiger partial charge in [-0.25, -0.2) is 4.98 Å². The third kappa shape index (κ3) is 3.49. The third-order valence-corrected chi connectivity index (χ3v) is 5.09. The summed E-state index contributed by atoms with van der Waals surface area (Å²) in [5.74, 6) is 2.20. The number of benzene rings is 1. The minimum absolute atomic E-state index is 0.0846. The van der Waals surface area contributed by atoms with E-state index in [4.69, 9.17) is 15.6 Å². The molecule has 0 radical (unpaired) electrons. The van der Waals surface area contributed by atoms with Crippen molar-refractivity contribution in [1.29, 1.82) is 0 Å². The van der Waals surface area contributed by atoms with Crippen LogP contribution in [0, 0.1) is 12.8 Å². The molecule has 1 amide bonds. The molecule has 0 aliphatic carbocycles. The van der Waals surface area contributed by atoms with Gasteiger partial charge in [0.2, 0.25) is 0 Å². The van der Waals surface area contributed by atoms with Crippen LogP contribution in [0.25, 0.3) is 10.2 Å². The zero-order chi connectivity index (χ0) is 18.7. The molecule has 1 atom stereocenters. The van der Waals surface area contributed by atoms with Crippen LogP contribution >= 0.6 is 11.3 Å². The molecule has 0 fully saturated rings. The Morgan fingerprint density at radius 2 is 2.27 bits per heavy atom. The van der Waals surface area contributed by atoms with E-state index >= 15 is 0 Å². The Labute approximate surface area is 152 Å². The number of nitrogens with two attached hydrogens (primary N) is 1. The predicted molar refractivity (Wildman–Crippen MR) is 97.0 cm³/mol. The lowest BCUT2D eigenvalue weighted by atomic mass is 10.1. The lowest BCUT2D eigenvalue weighted by molar-refractivity contribution is -0.122. The maximum atomic E-state index is 12.5. The van der Waals surface area contributed by atoms with E-state index in [1.807, 2.05) is 25.1 Å². The molecular weight excluding hydrogens is 356 g/mol. The van der Waals surface area contributed by atoms with E-state index < -0.39 is 0 Å². The second kappa shape index (κ2) is 7.48. The Morgan fingerprint density at radius 1 is 1.50 bits per heavy atom. The molecule has 1 aliphatic rings. The van der Waals surface area contributed by atoms with Crippen LogP contribution in [0.4, 0.5) is 5.13 Å². The van der Waals surface area contributed by atoms with Gasteiger partial charge in [0, 0.05) is 25.4 Å². The molecule has 0 saturated heterocycles. The van der Waals surface area contributed by atoms with Gasteiger partial charge in [-0.2, -0.15) is 0 Å². The average molecular weight is 374 g/mol. The lowest BCUT2D eigenvalue weighted by Gasteiger charge is -2.11. The summed E-state index contributed by atoms with van der Waals surface area (Å²) in [6.07, 6.45) is 0.846. The number of fused-ring (bicyclic) bond motifs is 2. The first-order chi connectivity index (χ1) is 12.5. The third-order valence-electron chi connectivity index (χ3n) is 4.15. The average Bonchev–Trinajstić information content (AvgIpc) is 3.28. The molecule has 10 heteroatoms. The Morgan fingerprint density at radius 3 is 3.00 bits per heavy atom. The molecule has 0 bridgehead atoms. The summed E-state index contributed by atoms with van der Waals surface area (Å²) in [6.45, 7) is 3.17. The summed E-state index contributed by atoms with van der Waals surface area (Å²) < 4.78 is 2.95. The monoisotopic (exact) mass is 374 g/mol. The van der Waals surface area contributed by atoms with Crippen LogP contribution < -0.4 is 11.1 Å². The van der Waals surface area contributed by atoms with E-state index in [-0.39, 0.29) is 12.4 Å². The molecule has 9 nitrogen and oxygen atoms in total. The maximum absolute atomic E-state index is 12.5. The molecule has 26 heavy (non-hydrogen) atoms. The van der Waals surface area contributed by atoms with Crippen molar-refractivity contribution in [2.75, 3.05) is 12.3 Å². The zero-order valence-corrected chi connectivity index (χ0v) is 14.9. The first kappa shape index (κ1) is 17.8. The van der Waals surface area contributed by atoms with Crippen molar-refractivity contribution < 1.29 is 14.7 Å². The van der Waals surface area contributed by atoms with E-state index in [9.17, 15) is 4.79 Å².